The van der Waals surface area contributed by atoms with Gasteiger partial charge in [-0.3, -0.25) is 0 Å². The molecule has 0 amide bonds. The first-order chi connectivity index (χ1) is 5.26. The van der Waals surface area contributed by atoms with E-state index in [4.69, 9.17) is 17.6 Å². The highest BCUT2D eigenvalue weighted by atomic mass is 32.2. The molecule has 0 spiro atoms. The van der Waals surface area contributed by atoms with Crippen LogP contribution < -0.4 is 0 Å². The van der Waals surface area contributed by atoms with Gasteiger partial charge in [-0.15, -0.1) is 0 Å². The van der Waals surface area contributed by atoms with E-state index in [9.17, 15) is 0 Å². The Kier molecular flexibility index (Phi) is 6.56. The molecule has 0 aliphatic heterocycles. The van der Waals surface area contributed by atoms with E-state index in [0.717, 1.165) is 17.4 Å². The molecule has 0 saturated carbocycles. The van der Waals surface area contributed by atoms with Gasteiger partial charge in [-0.25, -0.2) is 0 Å². The Morgan fingerprint density at radius 1 is 1.55 bits per heavy atom. The zero-order valence-corrected chi connectivity index (χ0v) is 8.60. The first kappa shape index (κ1) is 10.9. The Morgan fingerprint density at radius 2 is 2.09 bits per heavy atom. The Morgan fingerprint density at radius 3 is 2.45 bits per heavy atom. The predicted molar refractivity (Wildman–Crippen MR) is 56.8 cm³/mol. The van der Waals surface area contributed by atoms with E-state index in [-0.39, 0.29) is 0 Å². The van der Waals surface area contributed by atoms with Gasteiger partial charge in [0.1, 0.15) is 4.32 Å². The molecule has 0 aliphatic carbocycles. The highest BCUT2D eigenvalue weighted by Crippen LogP contribution is 2.07. The molecular formula is C7H14N2S2. The molecule has 0 fully saturated rings. The van der Waals surface area contributed by atoms with Crippen LogP contribution in [0.2, 0.25) is 0 Å². The van der Waals surface area contributed by atoms with Gasteiger partial charge in [0.15, 0.2) is 0 Å². The number of hydrogen-bond donors (Lipinski definition) is 1. The van der Waals surface area contributed by atoms with E-state index >= 15 is 0 Å². The van der Waals surface area contributed by atoms with Gasteiger partial charge in [0, 0.05) is 25.1 Å². The maximum atomic E-state index is 6.83. The van der Waals surface area contributed by atoms with Crippen LogP contribution in [-0.2, 0) is 0 Å². The van der Waals surface area contributed by atoms with Gasteiger partial charge in [0.25, 0.3) is 0 Å². The molecule has 64 valence electrons. The standard InChI is InChI=1S/C7H14N2S2/c1-3-9(4-2)7(10)11-6-5-8/h5,8H,3-4,6H2,1-2H3. The van der Waals surface area contributed by atoms with Crippen molar-refractivity contribution in [2.45, 2.75) is 13.8 Å². The largest absolute Gasteiger partial charge is 0.358 e. The quantitative estimate of drug-likeness (QED) is 0.542. The van der Waals surface area contributed by atoms with Crippen molar-refractivity contribution in [2.75, 3.05) is 18.8 Å². The minimum absolute atomic E-state index is 0.690. The molecule has 0 aromatic carbocycles. The van der Waals surface area contributed by atoms with Gasteiger partial charge in [-0.2, -0.15) is 0 Å². The third-order valence-electron chi connectivity index (χ3n) is 1.31. The second-order valence-electron chi connectivity index (χ2n) is 1.95. The molecule has 0 unspecified atom stereocenters. The molecule has 0 aliphatic rings. The summed E-state index contributed by atoms with van der Waals surface area (Å²) in [6.45, 7) is 6.09. The molecule has 1 N–H and O–H groups in total. The van der Waals surface area contributed by atoms with E-state index in [0.29, 0.717) is 5.75 Å². The highest BCUT2D eigenvalue weighted by molar-refractivity contribution is 8.23. The minimum atomic E-state index is 0.690. The zero-order valence-electron chi connectivity index (χ0n) is 6.96. The lowest BCUT2D eigenvalue weighted by atomic mass is 10.6. The lowest BCUT2D eigenvalue weighted by Gasteiger charge is -2.20. The molecule has 2 nitrogen and oxygen atoms in total. The summed E-state index contributed by atoms with van der Waals surface area (Å²) in [5.41, 5.74) is 0. The SMILES string of the molecule is CCN(CC)C(=S)SCC=N. The Labute approximate surface area is 77.9 Å². The van der Waals surface area contributed by atoms with E-state index in [1.165, 1.54) is 6.21 Å². The molecule has 11 heavy (non-hydrogen) atoms. The lowest BCUT2D eigenvalue weighted by Crippen LogP contribution is -2.26. The topological polar surface area (TPSA) is 27.1 Å². The summed E-state index contributed by atoms with van der Waals surface area (Å²) < 4.78 is 0.901. The zero-order chi connectivity index (χ0) is 8.69. The van der Waals surface area contributed by atoms with Crippen LogP contribution in [-0.4, -0.2) is 34.3 Å². The summed E-state index contributed by atoms with van der Waals surface area (Å²) >= 11 is 6.67. The van der Waals surface area contributed by atoms with E-state index in [1.807, 2.05) is 0 Å². The molecule has 0 heterocycles. The molecule has 0 saturated heterocycles. The maximum Gasteiger partial charge on any atom is 0.136 e. The third kappa shape index (κ3) is 4.37. The third-order valence-corrected chi connectivity index (χ3v) is 2.76. The fourth-order valence-electron chi connectivity index (χ4n) is 0.686. The van der Waals surface area contributed by atoms with Crippen molar-refractivity contribution in [3.63, 3.8) is 0 Å². The Hall–Kier alpha value is -0.0900. The molecule has 0 aromatic rings. The molecule has 0 radical (unpaired) electrons. The Balaban J connectivity index is 3.69. The van der Waals surface area contributed by atoms with Gasteiger partial charge in [0.2, 0.25) is 0 Å². The van der Waals surface area contributed by atoms with E-state index in [2.05, 4.69) is 18.7 Å². The average Bonchev–Trinajstić information content (AvgIpc) is 2.03. The maximum absolute atomic E-state index is 6.83. The molecule has 0 atom stereocenters. The van der Waals surface area contributed by atoms with E-state index < -0.39 is 0 Å². The second-order valence-corrected chi connectivity index (χ2v) is 3.61. The van der Waals surface area contributed by atoms with Crippen molar-refractivity contribution in [1.29, 1.82) is 5.41 Å². The van der Waals surface area contributed by atoms with E-state index in [1.54, 1.807) is 11.8 Å². The minimum Gasteiger partial charge on any atom is -0.358 e. The lowest BCUT2D eigenvalue weighted by molar-refractivity contribution is 0.482. The number of hydrogen-bond acceptors (Lipinski definition) is 3. The molecule has 0 aromatic heterocycles. The molecule has 0 rings (SSSR count). The van der Waals surface area contributed by atoms with Crippen molar-refractivity contribution >= 4 is 34.5 Å². The van der Waals surface area contributed by atoms with Gasteiger partial charge in [0.05, 0.1) is 0 Å². The van der Waals surface area contributed by atoms with Crippen LogP contribution in [0.3, 0.4) is 0 Å². The van der Waals surface area contributed by atoms with Crippen LogP contribution in [0.1, 0.15) is 13.8 Å². The van der Waals surface area contributed by atoms with Gasteiger partial charge in [-0.1, -0.05) is 24.0 Å². The van der Waals surface area contributed by atoms with Crippen LogP contribution in [0.25, 0.3) is 0 Å². The summed E-state index contributed by atoms with van der Waals surface area (Å²) in [5, 5.41) is 6.83. The van der Waals surface area contributed by atoms with Crippen molar-refractivity contribution in [3.05, 3.63) is 0 Å². The number of nitrogens with zero attached hydrogens (tertiary/aromatic N) is 1. The summed E-state index contributed by atoms with van der Waals surface area (Å²) in [6.07, 6.45) is 1.38. The van der Waals surface area contributed by atoms with Crippen LogP contribution in [0.15, 0.2) is 0 Å². The predicted octanol–water partition coefficient (Wildman–Crippen LogP) is 2.00. The monoisotopic (exact) mass is 190 g/mol. The van der Waals surface area contributed by atoms with Gasteiger partial charge >= 0.3 is 0 Å². The first-order valence-corrected chi connectivity index (χ1v) is 5.06. The highest BCUT2D eigenvalue weighted by Gasteiger charge is 2.03. The van der Waals surface area contributed by atoms with Crippen molar-refractivity contribution in [2.24, 2.45) is 0 Å². The van der Waals surface area contributed by atoms with Crippen LogP contribution in [0, 0.1) is 5.41 Å². The van der Waals surface area contributed by atoms with Crippen molar-refractivity contribution < 1.29 is 0 Å². The summed E-state index contributed by atoms with van der Waals surface area (Å²) in [7, 11) is 0. The summed E-state index contributed by atoms with van der Waals surface area (Å²) in [4.78, 5) is 2.11. The molecule has 0 bridgehead atoms. The molecular weight excluding hydrogens is 176 g/mol. The normalized spacial score (nSPS) is 9.27. The Bertz CT molecular complexity index is 132. The van der Waals surface area contributed by atoms with Gasteiger partial charge < -0.3 is 10.3 Å². The number of thiocarbonyl (C=S) groups is 1. The van der Waals surface area contributed by atoms with Crippen LogP contribution >= 0.6 is 24.0 Å². The number of nitrogens with one attached hydrogen (secondary N) is 1. The van der Waals surface area contributed by atoms with Crippen LogP contribution in [0.4, 0.5) is 0 Å². The second kappa shape index (κ2) is 6.61. The van der Waals surface area contributed by atoms with Crippen molar-refractivity contribution in [3.8, 4) is 0 Å². The number of thioether (sulfide) groups is 1. The smallest absolute Gasteiger partial charge is 0.136 e. The van der Waals surface area contributed by atoms with Crippen molar-refractivity contribution in [1.82, 2.24) is 4.90 Å². The first-order valence-electron chi connectivity index (χ1n) is 3.66. The fourth-order valence-corrected chi connectivity index (χ4v) is 1.82. The number of rotatable bonds is 4. The summed E-state index contributed by atoms with van der Waals surface area (Å²) in [6, 6.07) is 0. The summed E-state index contributed by atoms with van der Waals surface area (Å²) in [5.74, 6) is 0.690. The molecule has 4 heteroatoms. The van der Waals surface area contributed by atoms with Crippen LogP contribution in [0.5, 0.6) is 0 Å². The average molecular weight is 190 g/mol. The van der Waals surface area contributed by atoms with Gasteiger partial charge in [-0.05, 0) is 13.8 Å². The fraction of sp³-hybridized carbons (Fsp3) is 0.714.